The average molecular weight is 511 g/mol. The number of amides is 2. The minimum atomic E-state index is -1.98. The molecule has 2 amide bonds. The highest BCUT2D eigenvalue weighted by Gasteiger charge is 2.73. The smallest absolute Gasteiger partial charge is 0.297 e. The van der Waals surface area contributed by atoms with Crippen LogP contribution in [0.1, 0.15) is 26.3 Å². The summed E-state index contributed by atoms with van der Waals surface area (Å²) >= 11 is 0. The Kier molecular flexibility index (Phi) is 5.25. The zero-order valence-corrected chi connectivity index (χ0v) is 20.1. The quantitative estimate of drug-likeness (QED) is 0.239. The molecule has 1 N–H and O–H groups in total. The number of hydrogen-bond donors (Lipinski definition) is 1. The molecule has 1 spiro atoms. The first-order valence-corrected chi connectivity index (χ1v) is 12.0. The van der Waals surface area contributed by atoms with Gasteiger partial charge in [-0.1, -0.05) is 54.6 Å². The summed E-state index contributed by atoms with van der Waals surface area (Å²) in [6, 6.07) is 18.6. The fourth-order valence-corrected chi connectivity index (χ4v) is 6.09. The third-order valence-electron chi connectivity index (χ3n) is 7.72. The number of nitrogens with one attached hydrogen (secondary N) is 1. The summed E-state index contributed by atoms with van der Waals surface area (Å²) in [5, 5.41) is 15.0. The van der Waals surface area contributed by atoms with E-state index < -0.39 is 57.4 Å². The number of nitrogens with zero attached hydrogens (tertiary/aromatic N) is 2. The van der Waals surface area contributed by atoms with Crippen LogP contribution in [-0.4, -0.2) is 47.0 Å². The lowest BCUT2D eigenvalue weighted by Crippen LogP contribution is -2.59. The zero-order valence-electron chi connectivity index (χ0n) is 20.1. The Morgan fingerprint density at radius 1 is 0.921 bits per heavy atom. The molecule has 6 rings (SSSR count). The second-order valence-electron chi connectivity index (χ2n) is 9.58. The van der Waals surface area contributed by atoms with Crippen LogP contribution >= 0.6 is 0 Å². The van der Waals surface area contributed by atoms with Gasteiger partial charge >= 0.3 is 0 Å². The molecule has 190 valence electrons. The maximum Gasteiger partial charge on any atom is 0.297 e. The van der Waals surface area contributed by atoms with Gasteiger partial charge in [-0.05, 0) is 24.1 Å². The highest BCUT2D eigenvalue weighted by Crippen LogP contribution is 2.51. The molecule has 0 unspecified atom stereocenters. The molecular weight excluding hydrogens is 490 g/mol. The van der Waals surface area contributed by atoms with Crippen molar-refractivity contribution in [2.24, 2.45) is 11.8 Å². The number of anilines is 1. The lowest BCUT2D eigenvalue weighted by molar-refractivity contribution is -0.384. The predicted molar refractivity (Wildman–Crippen MR) is 134 cm³/mol. The van der Waals surface area contributed by atoms with Crippen LogP contribution in [0.2, 0.25) is 0 Å². The SMILES string of the molecule is COc1ccc(N2C(=O)[C@@H]3[C@H](Cc4ccccc4)NC4(C(=O)c5ccccc5C4=O)[C@H]3C2=O)c([N+](=O)[O-])c1. The van der Waals surface area contributed by atoms with E-state index >= 15 is 0 Å². The number of nitro groups is 1. The van der Waals surface area contributed by atoms with Gasteiger partial charge in [0, 0.05) is 17.2 Å². The van der Waals surface area contributed by atoms with E-state index in [-0.39, 0.29) is 29.0 Å². The average Bonchev–Trinajstić information content (AvgIpc) is 3.48. The monoisotopic (exact) mass is 511 g/mol. The van der Waals surface area contributed by atoms with Crippen LogP contribution in [0.4, 0.5) is 11.4 Å². The van der Waals surface area contributed by atoms with Crippen molar-refractivity contribution in [3.63, 3.8) is 0 Å². The third-order valence-corrected chi connectivity index (χ3v) is 7.72. The number of fused-ring (bicyclic) bond motifs is 3. The normalized spacial score (nSPS) is 23.2. The molecule has 0 saturated carbocycles. The Morgan fingerprint density at radius 3 is 2.16 bits per heavy atom. The van der Waals surface area contributed by atoms with Gasteiger partial charge in [0.1, 0.15) is 11.4 Å². The van der Waals surface area contributed by atoms with Gasteiger partial charge in [0.25, 0.3) is 5.69 Å². The number of ether oxygens (including phenoxy) is 1. The summed E-state index contributed by atoms with van der Waals surface area (Å²) in [6.07, 6.45) is 0.262. The van der Waals surface area contributed by atoms with Gasteiger partial charge in [-0.25, -0.2) is 4.90 Å². The van der Waals surface area contributed by atoms with E-state index in [2.05, 4.69) is 5.32 Å². The lowest BCUT2D eigenvalue weighted by Gasteiger charge is -2.28. The highest BCUT2D eigenvalue weighted by molar-refractivity contribution is 6.38. The van der Waals surface area contributed by atoms with Gasteiger partial charge in [0.15, 0.2) is 17.1 Å². The number of carbonyl (C=O) groups excluding carboxylic acids is 4. The standard InChI is InChI=1S/C28H21N3O7/c1-38-16-11-12-20(21(14-16)31(36)37)30-26(34)22-19(13-15-7-3-2-4-8-15)29-28(23(22)27(30)35)24(32)17-9-5-6-10-18(17)25(28)33/h2-12,14,19,22-23,29H,13H2,1H3/t19-,22+,23+/m0/s1. The Bertz CT molecular complexity index is 1520. The Labute approximate surface area is 216 Å². The van der Waals surface area contributed by atoms with Gasteiger partial charge in [0.05, 0.1) is 29.9 Å². The van der Waals surface area contributed by atoms with Crippen LogP contribution in [0, 0.1) is 22.0 Å². The molecule has 0 radical (unpaired) electrons. The second kappa shape index (κ2) is 8.42. The predicted octanol–water partition coefficient (Wildman–Crippen LogP) is 2.74. The number of rotatable bonds is 5. The molecule has 38 heavy (non-hydrogen) atoms. The number of ketones is 2. The first-order chi connectivity index (χ1) is 18.3. The largest absolute Gasteiger partial charge is 0.496 e. The van der Waals surface area contributed by atoms with Crippen molar-refractivity contribution in [2.75, 3.05) is 12.0 Å². The summed E-state index contributed by atoms with van der Waals surface area (Å²) in [6.45, 7) is 0. The van der Waals surface area contributed by atoms with Gasteiger partial charge in [0.2, 0.25) is 11.8 Å². The van der Waals surface area contributed by atoms with E-state index in [0.29, 0.717) is 0 Å². The van der Waals surface area contributed by atoms with E-state index in [1.807, 2.05) is 30.3 Å². The summed E-state index contributed by atoms with van der Waals surface area (Å²) in [5.41, 5.74) is -1.51. The number of Topliss-reactive ketones (excluding diaryl/α,β-unsaturated/α-hetero) is 2. The lowest BCUT2D eigenvalue weighted by atomic mass is 9.76. The molecule has 3 atom stereocenters. The fraction of sp³-hybridized carbons (Fsp3) is 0.214. The van der Waals surface area contributed by atoms with E-state index in [9.17, 15) is 29.3 Å². The molecule has 2 aliphatic heterocycles. The molecule has 2 heterocycles. The maximum absolute atomic E-state index is 14.0. The van der Waals surface area contributed by atoms with E-state index in [1.165, 1.54) is 31.4 Å². The number of nitro benzene ring substituents is 1. The topological polar surface area (TPSA) is 136 Å². The zero-order chi connectivity index (χ0) is 26.8. The number of imide groups is 1. The van der Waals surface area contributed by atoms with E-state index in [0.717, 1.165) is 16.5 Å². The second-order valence-corrected chi connectivity index (χ2v) is 9.58. The number of methoxy groups -OCH3 is 1. The van der Waals surface area contributed by atoms with Crippen LogP contribution in [0.25, 0.3) is 0 Å². The van der Waals surface area contributed by atoms with Crippen molar-refractivity contribution in [2.45, 2.75) is 18.0 Å². The van der Waals surface area contributed by atoms with E-state index in [4.69, 9.17) is 4.74 Å². The van der Waals surface area contributed by atoms with Gasteiger partial charge in [-0.15, -0.1) is 0 Å². The van der Waals surface area contributed by atoms with Crippen LogP contribution in [0.15, 0.2) is 72.8 Å². The highest BCUT2D eigenvalue weighted by atomic mass is 16.6. The number of hydrogen-bond acceptors (Lipinski definition) is 8. The molecule has 0 bridgehead atoms. The van der Waals surface area contributed by atoms with Crippen molar-refractivity contribution in [3.05, 3.63) is 99.6 Å². The van der Waals surface area contributed by atoms with Crippen molar-refractivity contribution < 1.29 is 28.8 Å². The molecule has 3 aliphatic rings. The first-order valence-electron chi connectivity index (χ1n) is 12.0. The van der Waals surface area contributed by atoms with Gasteiger partial charge < -0.3 is 4.74 Å². The fourth-order valence-electron chi connectivity index (χ4n) is 6.09. The molecule has 1 aliphatic carbocycles. The molecule has 3 aromatic carbocycles. The van der Waals surface area contributed by atoms with Gasteiger partial charge in [-0.3, -0.25) is 34.6 Å². The van der Waals surface area contributed by atoms with Crippen molar-refractivity contribution >= 4 is 34.8 Å². The maximum atomic E-state index is 14.0. The van der Waals surface area contributed by atoms with Crippen LogP contribution in [-0.2, 0) is 16.0 Å². The summed E-state index contributed by atoms with van der Waals surface area (Å²) in [4.78, 5) is 67.6. The minimum Gasteiger partial charge on any atom is -0.496 e. The molecule has 10 nitrogen and oxygen atoms in total. The van der Waals surface area contributed by atoms with Crippen molar-refractivity contribution in [1.82, 2.24) is 5.32 Å². The molecule has 0 aromatic heterocycles. The summed E-state index contributed by atoms with van der Waals surface area (Å²) < 4.78 is 5.08. The molecule has 2 saturated heterocycles. The van der Waals surface area contributed by atoms with Crippen LogP contribution < -0.4 is 15.0 Å². The van der Waals surface area contributed by atoms with Crippen molar-refractivity contribution in [3.8, 4) is 5.75 Å². The Hall–Kier alpha value is -4.70. The molecule has 3 aromatic rings. The molecule has 2 fully saturated rings. The van der Waals surface area contributed by atoms with Crippen LogP contribution in [0.3, 0.4) is 0 Å². The molecule has 10 heteroatoms. The minimum absolute atomic E-state index is 0.177. The first kappa shape index (κ1) is 23.7. The third kappa shape index (κ3) is 3.10. The van der Waals surface area contributed by atoms with E-state index in [1.54, 1.807) is 12.1 Å². The Balaban J connectivity index is 1.51. The molecular formula is C28H21N3O7. The Morgan fingerprint density at radius 2 is 1.55 bits per heavy atom. The van der Waals surface area contributed by atoms with Crippen molar-refractivity contribution in [1.29, 1.82) is 0 Å². The number of carbonyl (C=O) groups is 4. The van der Waals surface area contributed by atoms with Gasteiger partial charge in [-0.2, -0.15) is 0 Å². The summed E-state index contributed by atoms with van der Waals surface area (Å²) in [5.74, 6) is -4.95. The summed E-state index contributed by atoms with van der Waals surface area (Å²) in [7, 11) is 1.34. The van der Waals surface area contributed by atoms with Crippen LogP contribution in [0.5, 0.6) is 5.75 Å². The number of benzene rings is 3.